The van der Waals surface area contributed by atoms with E-state index in [9.17, 15) is 4.79 Å². The van der Waals surface area contributed by atoms with Gasteiger partial charge in [-0.25, -0.2) is 0 Å². The van der Waals surface area contributed by atoms with Crippen molar-refractivity contribution in [2.24, 2.45) is 0 Å². The van der Waals surface area contributed by atoms with Crippen LogP contribution >= 0.6 is 0 Å². The summed E-state index contributed by atoms with van der Waals surface area (Å²) in [6, 6.07) is 10.1. The van der Waals surface area contributed by atoms with Gasteiger partial charge in [0.25, 0.3) is 0 Å². The molecule has 1 amide bonds. The molecule has 2 heterocycles. The van der Waals surface area contributed by atoms with Gasteiger partial charge in [0, 0.05) is 54.5 Å². The SMILES string of the molecule is COc1ccc(N2CCN(C(=O)/C=C(\C)c3cc4c(C)coc4c(C)c3OC)CC2)cc1. The van der Waals surface area contributed by atoms with Crippen LogP contribution in [0.25, 0.3) is 16.5 Å². The minimum atomic E-state index is 0.0283. The van der Waals surface area contributed by atoms with Crippen LogP contribution in [0.2, 0.25) is 0 Å². The lowest BCUT2D eigenvalue weighted by Crippen LogP contribution is -2.48. The average molecular weight is 435 g/mol. The highest BCUT2D eigenvalue weighted by atomic mass is 16.5. The fraction of sp³-hybridized carbons (Fsp3) is 0.346. The number of allylic oxidation sites excluding steroid dienone is 1. The standard InChI is InChI=1S/C26H30N2O4/c1-17(22-15-23-18(2)16-32-26(23)19(3)25(22)31-5)14-24(29)28-12-10-27(11-13-28)20-6-8-21(30-4)9-7-20/h6-9,14-16H,10-13H2,1-5H3/b17-14+. The Morgan fingerprint density at radius 3 is 2.34 bits per heavy atom. The highest BCUT2D eigenvalue weighted by Crippen LogP contribution is 2.37. The van der Waals surface area contributed by atoms with Gasteiger partial charge in [0.2, 0.25) is 5.91 Å². The number of nitrogens with zero attached hydrogens (tertiary/aromatic N) is 2. The molecule has 1 aliphatic rings. The summed E-state index contributed by atoms with van der Waals surface area (Å²) in [5.41, 5.74) is 5.80. The molecule has 6 nitrogen and oxygen atoms in total. The maximum Gasteiger partial charge on any atom is 0.246 e. The van der Waals surface area contributed by atoms with Crippen LogP contribution in [0.3, 0.4) is 0 Å². The molecule has 3 aromatic rings. The first-order chi connectivity index (χ1) is 15.4. The first-order valence-corrected chi connectivity index (χ1v) is 10.8. The molecule has 0 radical (unpaired) electrons. The third-order valence-electron chi connectivity index (χ3n) is 6.24. The second-order valence-corrected chi connectivity index (χ2v) is 8.22. The summed E-state index contributed by atoms with van der Waals surface area (Å²) in [5, 5.41) is 1.05. The van der Waals surface area contributed by atoms with Crippen LogP contribution in [0.4, 0.5) is 5.69 Å². The predicted octanol–water partition coefficient (Wildman–Crippen LogP) is 4.82. The Morgan fingerprint density at radius 2 is 1.72 bits per heavy atom. The summed E-state index contributed by atoms with van der Waals surface area (Å²) in [6.07, 6.45) is 3.48. The van der Waals surface area contributed by atoms with Crippen LogP contribution in [0.15, 0.2) is 47.1 Å². The lowest BCUT2D eigenvalue weighted by molar-refractivity contribution is -0.126. The number of rotatable bonds is 5. The number of aryl methyl sites for hydroxylation is 2. The van der Waals surface area contributed by atoms with E-state index >= 15 is 0 Å². The van der Waals surface area contributed by atoms with Gasteiger partial charge in [0.15, 0.2) is 0 Å². The number of fused-ring (bicyclic) bond motifs is 1. The molecule has 0 unspecified atom stereocenters. The van der Waals surface area contributed by atoms with E-state index in [0.717, 1.165) is 63.5 Å². The van der Waals surface area contributed by atoms with E-state index in [0.29, 0.717) is 13.1 Å². The van der Waals surface area contributed by atoms with Crippen LogP contribution in [-0.4, -0.2) is 51.2 Å². The molecule has 1 fully saturated rings. The zero-order valence-electron chi connectivity index (χ0n) is 19.4. The highest BCUT2D eigenvalue weighted by molar-refractivity contribution is 5.98. The summed E-state index contributed by atoms with van der Waals surface area (Å²) in [4.78, 5) is 17.2. The predicted molar refractivity (Wildman–Crippen MR) is 128 cm³/mol. The van der Waals surface area contributed by atoms with Gasteiger partial charge in [-0.2, -0.15) is 0 Å². The van der Waals surface area contributed by atoms with Gasteiger partial charge >= 0.3 is 0 Å². The largest absolute Gasteiger partial charge is 0.497 e. The minimum Gasteiger partial charge on any atom is -0.497 e. The number of hydrogen-bond donors (Lipinski definition) is 0. The van der Waals surface area contributed by atoms with Crippen molar-refractivity contribution < 1.29 is 18.7 Å². The first-order valence-electron chi connectivity index (χ1n) is 10.8. The Hall–Kier alpha value is -3.41. The number of benzene rings is 2. The van der Waals surface area contributed by atoms with E-state index in [1.807, 2.05) is 37.8 Å². The number of amides is 1. The van der Waals surface area contributed by atoms with Crippen LogP contribution in [0, 0.1) is 13.8 Å². The van der Waals surface area contributed by atoms with Gasteiger partial charge in [-0.05, 0) is 62.2 Å². The molecule has 0 bridgehead atoms. The molecule has 0 spiro atoms. The third kappa shape index (κ3) is 4.05. The molecular weight excluding hydrogens is 404 g/mol. The van der Waals surface area contributed by atoms with Gasteiger partial charge in [-0.1, -0.05) is 0 Å². The Balaban J connectivity index is 1.50. The van der Waals surface area contributed by atoms with E-state index in [1.165, 1.54) is 0 Å². The molecule has 1 saturated heterocycles. The fourth-order valence-corrected chi connectivity index (χ4v) is 4.33. The first kappa shape index (κ1) is 21.8. The van der Waals surface area contributed by atoms with Crippen molar-refractivity contribution in [2.75, 3.05) is 45.3 Å². The second-order valence-electron chi connectivity index (χ2n) is 8.22. The third-order valence-corrected chi connectivity index (χ3v) is 6.24. The molecule has 6 heteroatoms. The van der Waals surface area contributed by atoms with Crippen molar-refractivity contribution in [1.82, 2.24) is 4.90 Å². The highest BCUT2D eigenvalue weighted by Gasteiger charge is 2.22. The Morgan fingerprint density at radius 1 is 1.03 bits per heavy atom. The van der Waals surface area contributed by atoms with Gasteiger partial charge in [-0.3, -0.25) is 4.79 Å². The van der Waals surface area contributed by atoms with E-state index in [4.69, 9.17) is 13.9 Å². The normalized spacial score (nSPS) is 14.7. The van der Waals surface area contributed by atoms with Crippen LogP contribution in [-0.2, 0) is 4.79 Å². The number of hydrogen-bond acceptors (Lipinski definition) is 5. The monoisotopic (exact) mass is 434 g/mol. The number of piperazine rings is 1. The van der Waals surface area contributed by atoms with Crippen molar-refractivity contribution in [1.29, 1.82) is 0 Å². The molecule has 4 rings (SSSR count). The van der Waals surface area contributed by atoms with Crippen molar-refractivity contribution in [3.63, 3.8) is 0 Å². The molecule has 0 saturated carbocycles. The summed E-state index contributed by atoms with van der Waals surface area (Å²) >= 11 is 0. The molecular formula is C26H30N2O4. The number of carbonyl (C=O) groups is 1. The summed E-state index contributed by atoms with van der Waals surface area (Å²) in [6.45, 7) is 8.94. The molecule has 0 atom stereocenters. The molecule has 168 valence electrons. The molecule has 0 N–H and O–H groups in total. The number of carbonyl (C=O) groups excluding carboxylic acids is 1. The van der Waals surface area contributed by atoms with Crippen LogP contribution < -0.4 is 14.4 Å². The van der Waals surface area contributed by atoms with Crippen molar-refractivity contribution in [3.05, 3.63) is 59.4 Å². The van der Waals surface area contributed by atoms with Gasteiger partial charge in [-0.15, -0.1) is 0 Å². The van der Waals surface area contributed by atoms with Gasteiger partial charge < -0.3 is 23.7 Å². The molecule has 1 aromatic heterocycles. The summed E-state index contributed by atoms with van der Waals surface area (Å²) < 4.78 is 16.6. The maximum absolute atomic E-state index is 13.0. The van der Waals surface area contributed by atoms with Crippen molar-refractivity contribution >= 4 is 28.1 Å². The zero-order chi connectivity index (χ0) is 22.8. The number of methoxy groups -OCH3 is 2. The molecule has 1 aliphatic heterocycles. The van der Waals surface area contributed by atoms with Gasteiger partial charge in [0.05, 0.1) is 20.5 Å². The number of ether oxygens (including phenoxy) is 2. The minimum absolute atomic E-state index is 0.0283. The van der Waals surface area contributed by atoms with Crippen LogP contribution in [0.5, 0.6) is 11.5 Å². The van der Waals surface area contributed by atoms with Crippen LogP contribution in [0.1, 0.15) is 23.6 Å². The summed E-state index contributed by atoms with van der Waals surface area (Å²) in [7, 11) is 3.32. The van der Waals surface area contributed by atoms with E-state index in [2.05, 4.69) is 23.1 Å². The number of anilines is 1. The van der Waals surface area contributed by atoms with E-state index in [-0.39, 0.29) is 5.91 Å². The summed E-state index contributed by atoms with van der Waals surface area (Å²) in [5.74, 6) is 1.62. The van der Waals surface area contributed by atoms with Crippen molar-refractivity contribution in [3.8, 4) is 11.5 Å². The molecule has 2 aromatic carbocycles. The van der Waals surface area contributed by atoms with Crippen molar-refractivity contribution in [2.45, 2.75) is 20.8 Å². The Kier molecular flexibility index (Phi) is 6.12. The lowest BCUT2D eigenvalue weighted by Gasteiger charge is -2.35. The maximum atomic E-state index is 13.0. The average Bonchev–Trinajstić information content (AvgIpc) is 3.20. The Bertz CT molecular complexity index is 1150. The lowest BCUT2D eigenvalue weighted by atomic mass is 9.98. The fourth-order valence-electron chi connectivity index (χ4n) is 4.33. The topological polar surface area (TPSA) is 55.2 Å². The quantitative estimate of drug-likeness (QED) is 0.539. The smallest absolute Gasteiger partial charge is 0.246 e. The zero-order valence-corrected chi connectivity index (χ0v) is 19.4. The number of furan rings is 1. The van der Waals surface area contributed by atoms with Gasteiger partial charge in [0.1, 0.15) is 17.1 Å². The molecule has 32 heavy (non-hydrogen) atoms. The second kappa shape index (κ2) is 8.99. The molecule has 0 aliphatic carbocycles. The van der Waals surface area contributed by atoms with E-state index < -0.39 is 0 Å². The van der Waals surface area contributed by atoms with E-state index in [1.54, 1.807) is 26.6 Å². The Labute approximate surface area is 189 Å².